The average Bonchev–Trinajstić information content (AvgIpc) is 2.88. The van der Waals surface area contributed by atoms with Crippen molar-refractivity contribution in [3.63, 3.8) is 0 Å². The molecule has 6 heteroatoms. The van der Waals surface area contributed by atoms with Crippen LogP contribution in [0, 0.1) is 11.3 Å². The molecule has 0 spiro atoms. The predicted molar refractivity (Wildman–Crippen MR) is 92.5 cm³/mol. The van der Waals surface area contributed by atoms with E-state index in [1.54, 1.807) is 6.07 Å². The van der Waals surface area contributed by atoms with Crippen LogP contribution in [0.3, 0.4) is 0 Å². The van der Waals surface area contributed by atoms with Crippen LogP contribution in [-0.2, 0) is 0 Å². The lowest BCUT2D eigenvalue weighted by molar-refractivity contribution is 0.0767. The van der Waals surface area contributed by atoms with Gasteiger partial charge in [-0.25, -0.2) is 4.98 Å². The second-order valence-corrected chi connectivity index (χ2v) is 5.71. The summed E-state index contributed by atoms with van der Waals surface area (Å²) in [6, 6.07) is 14.9. The van der Waals surface area contributed by atoms with Crippen LogP contribution in [-0.4, -0.2) is 42.0 Å². The third-order valence-corrected chi connectivity index (χ3v) is 4.16. The molecule has 0 bridgehead atoms. The van der Waals surface area contributed by atoms with Crippen molar-refractivity contribution < 1.29 is 4.79 Å². The van der Waals surface area contributed by atoms with Gasteiger partial charge in [-0.2, -0.15) is 5.26 Å². The molecule has 0 aliphatic carbocycles. The molecule has 2 heterocycles. The number of nitrogen functional groups attached to an aromatic ring is 1. The zero-order valence-corrected chi connectivity index (χ0v) is 13.4. The van der Waals surface area contributed by atoms with Gasteiger partial charge in [-0.05, 0) is 30.7 Å². The SMILES string of the molecule is N#Cc1ccc(N2CCCN(C(=O)c3ccccc3)CC2)nc1N. The Hall–Kier alpha value is -3.07. The first kappa shape index (κ1) is 15.8. The second kappa shape index (κ2) is 7.01. The Bertz CT molecular complexity index is 769. The number of carbonyl (C=O) groups is 1. The van der Waals surface area contributed by atoms with Crippen molar-refractivity contribution in [1.82, 2.24) is 9.88 Å². The fraction of sp³-hybridized carbons (Fsp3) is 0.278. The molecule has 122 valence electrons. The number of amides is 1. The maximum Gasteiger partial charge on any atom is 0.253 e. The molecule has 1 aliphatic rings. The molecule has 2 aromatic rings. The topological polar surface area (TPSA) is 86.2 Å². The van der Waals surface area contributed by atoms with Crippen LogP contribution in [0.1, 0.15) is 22.3 Å². The number of benzene rings is 1. The number of aromatic nitrogens is 1. The summed E-state index contributed by atoms with van der Waals surface area (Å²) in [5, 5.41) is 8.94. The summed E-state index contributed by atoms with van der Waals surface area (Å²) in [5.41, 5.74) is 6.90. The summed E-state index contributed by atoms with van der Waals surface area (Å²) in [5.74, 6) is 1.06. The molecular weight excluding hydrogens is 302 g/mol. The van der Waals surface area contributed by atoms with Crippen LogP contribution in [0.15, 0.2) is 42.5 Å². The number of carbonyl (C=O) groups excluding carboxylic acids is 1. The number of nitrogens with two attached hydrogens (primary N) is 1. The smallest absolute Gasteiger partial charge is 0.253 e. The van der Waals surface area contributed by atoms with E-state index in [-0.39, 0.29) is 11.7 Å². The number of nitrogens with zero attached hydrogens (tertiary/aromatic N) is 4. The first-order valence-electron chi connectivity index (χ1n) is 7.95. The van der Waals surface area contributed by atoms with E-state index in [9.17, 15) is 4.79 Å². The van der Waals surface area contributed by atoms with Gasteiger partial charge in [-0.1, -0.05) is 18.2 Å². The summed E-state index contributed by atoms with van der Waals surface area (Å²) in [7, 11) is 0. The standard InChI is InChI=1S/C18H19N5O/c19-13-15-7-8-16(21-17(15)20)22-9-4-10-23(12-11-22)18(24)14-5-2-1-3-6-14/h1-3,5-8H,4,9-12H2,(H2,20,21). The molecule has 1 aromatic heterocycles. The van der Waals surface area contributed by atoms with Crippen molar-refractivity contribution in [2.75, 3.05) is 36.8 Å². The van der Waals surface area contributed by atoms with Crippen molar-refractivity contribution in [3.8, 4) is 6.07 Å². The van der Waals surface area contributed by atoms with Crippen molar-refractivity contribution in [2.24, 2.45) is 0 Å². The highest BCUT2D eigenvalue weighted by Gasteiger charge is 2.21. The highest BCUT2D eigenvalue weighted by molar-refractivity contribution is 5.94. The third kappa shape index (κ3) is 3.30. The van der Waals surface area contributed by atoms with E-state index in [0.29, 0.717) is 24.2 Å². The fourth-order valence-electron chi connectivity index (χ4n) is 2.85. The molecule has 0 radical (unpaired) electrons. The molecule has 3 rings (SSSR count). The lowest BCUT2D eigenvalue weighted by atomic mass is 10.2. The molecule has 1 aromatic carbocycles. The third-order valence-electron chi connectivity index (χ3n) is 4.16. The van der Waals surface area contributed by atoms with Crippen LogP contribution in [0.5, 0.6) is 0 Å². The Balaban J connectivity index is 1.70. The van der Waals surface area contributed by atoms with Crippen molar-refractivity contribution in [2.45, 2.75) is 6.42 Å². The van der Waals surface area contributed by atoms with Gasteiger partial charge in [-0.15, -0.1) is 0 Å². The Morgan fingerprint density at radius 1 is 1.08 bits per heavy atom. The molecule has 1 aliphatic heterocycles. The summed E-state index contributed by atoms with van der Waals surface area (Å²) in [6.45, 7) is 2.85. The molecular formula is C18H19N5O. The Kier molecular flexibility index (Phi) is 4.62. The van der Waals surface area contributed by atoms with Gasteiger partial charge in [0.15, 0.2) is 0 Å². The van der Waals surface area contributed by atoms with E-state index in [2.05, 4.69) is 9.88 Å². The zero-order valence-electron chi connectivity index (χ0n) is 13.4. The maximum atomic E-state index is 12.6. The van der Waals surface area contributed by atoms with Crippen LogP contribution in [0.4, 0.5) is 11.6 Å². The number of hydrogen-bond donors (Lipinski definition) is 1. The normalized spacial score (nSPS) is 14.8. The molecule has 0 atom stereocenters. The molecule has 1 amide bonds. The van der Waals surface area contributed by atoms with Gasteiger partial charge in [0.25, 0.3) is 5.91 Å². The Morgan fingerprint density at radius 2 is 1.88 bits per heavy atom. The van der Waals surface area contributed by atoms with E-state index >= 15 is 0 Å². The van der Waals surface area contributed by atoms with Crippen molar-refractivity contribution >= 4 is 17.5 Å². The van der Waals surface area contributed by atoms with Crippen molar-refractivity contribution in [1.29, 1.82) is 5.26 Å². The van der Waals surface area contributed by atoms with Gasteiger partial charge in [-0.3, -0.25) is 4.79 Å². The number of hydrogen-bond acceptors (Lipinski definition) is 5. The molecule has 24 heavy (non-hydrogen) atoms. The minimum Gasteiger partial charge on any atom is -0.383 e. The average molecular weight is 321 g/mol. The van der Waals surface area contributed by atoms with Crippen LogP contribution in [0.25, 0.3) is 0 Å². The van der Waals surface area contributed by atoms with Crippen LogP contribution in [0.2, 0.25) is 0 Å². The van der Waals surface area contributed by atoms with Gasteiger partial charge >= 0.3 is 0 Å². The van der Waals surface area contributed by atoms with E-state index in [4.69, 9.17) is 11.0 Å². The summed E-state index contributed by atoms with van der Waals surface area (Å²) in [6.07, 6.45) is 0.861. The monoisotopic (exact) mass is 321 g/mol. The lowest BCUT2D eigenvalue weighted by Gasteiger charge is -2.23. The molecule has 0 unspecified atom stereocenters. The maximum absolute atomic E-state index is 12.6. The van der Waals surface area contributed by atoms with Crippen LogP contribution >= 0.6 is 0 Å². The molecule has 0 saturated carbocycles. The van der Waals surface area contributed by atoms with E-state index in [1.165, 1.54) is 0 Å². The van der Waals surface area contributed by atoms with Crippen molar-refractivity contribution in [3.05, 3.63) is 53.6 Å². The minimum atomic E-state index is 0.0600. The number of nitriles is 1. The molecule has 6 nitrogen and oxygen atoms in total. The van der Waals surface area contributed by atoms with Gasteiger partial charge in [0.1, 0.15) is 17.7 Å². The summed E-state index contributed by atoms with van der Waals surface area (Å²) >= 11 is 0. The first-order valence-corrected chi connectivity index (χ1v) is 7.95. The van der Waals surface area contributed by atoms with E-state index in [0.717, 1.165) is 25.3 Å². The van der Waals surface area contributed by atoms with Gasteiger partial charge in [0.05, 0.1) is 5.56 Å². The highest BCUT2D eigenvalue weighted by Crippen LogP contribution is 2.18. The molecule has 2 N–H and O–H groups in total. The molecule has 1 saturated heterocycles. The van der Waals surface area contributed by atoms with Crippen LogP contribution < -0.4 is 10.6 Å². The van der Waals surface area contributed by atoms with Gasteiger partial charge < -0.3 is 15.5 Å². The summed E-state index contributed by atoms with van der Waals surface area (Å²) in [4.78, 5) is 20.9. The lowest BCUT2D eigenvalue weighted by Crippen LogP contribution is -2.35. The quantitative estimate of drug-likeness (QED) is 0.913. The number of pyridine rings is 1. The van der Waals surface area contributed by atoms with Gasteiger partial charge in [0, 0.05) is 31.7 Å². The fourth-order valence-corrected chi connectivity index (χ4v) is 2.85. The predicted octanol–water partition coefficient (Wildman–Crippen LogP) is 1.89. The zero-order chi connectivity index (χ0) is 16.9. The molecule has 1 fully saturated rings. The first-order chi connectivity index (χ1) is 11.7. The Labute approximate surface area is 141 Å². The summed E-state index contributed by atoms with van der Waals surface area (Å²) < 4.78 is 0. The van der Waals surface area contributed by atoms with E-state index in [1.807, 2.05) is 47.4 Å². The number of anilines is 2. The van der Waals surface area contributed by atoms with Gasteiger partial charge in [0.2, 0.25) is 0 Å². The largest absolute Gasteiger partial charge is 0.383 e. The number of rotatable bonds is 2. The minimum absolute atomic E-state index is 0.0600. The van der Waals surface area contributed by atoms with E-state index < -0.39 is 0 Å². The highest BCUT2D eigenvalue weighted by atomic mass is 16.2. The second-order valence-electron chi connectivity index (χ2n) is 5.71. The Morgan fingerprint density at radius 3 is 2.58 bits per heavy atom.